The van der Waals surface area contributed by atoms with E-state index in [1.54, 1.807) is 18.3 Å². The number of carbonyl (C=O) groups is 1. The van der Waals surface area contributed by atoms with E-state index in [9.17, 15) is 4.79 Å². The highest BCUT2D eigenvalue weighted by Crippen LogP contribution is 2.48. The predicted octanol–water partition coefficient (Wildman–Crippen LogP) is 3.95. The molecule has 1 aliphatic carbocycles. The number of amides is 1. The van der Waals surface area contributed by atoms with E-state index < -0.39 is 0 Å². The Morgan fingerprint density at radius 2 is 1.91 bits per heavy atom. The first-order chi connectivity index (χ1) is 10.5. The van der Waals surface area contributed by atoms with Crippen molar-refractivity contribution in [2.75, 3.05) is 11.1 Å². The molecule has 4 nitrogen and oxygen atoms in total. The van der Waals surface area contributed by atoms with Crippen LogP contribution in [0.5, 0.6) is 0 Å². The fourth-order valence-electron chi connectivity index (χ4n) is 2.70. The van der Waals surface area contributed by atoms with Gasteiger partial charge in [0.2, 0.25) is 5.91 Å². The molecule has 1 fully saturated rings. The molecule has 122 valence electrons. The number of anilines is 2. The van der Waals surface area contributed by atoms with Crippen LogP contribution in [0, 0.1) is 5.92 Å². The molecule has 0 aliphatic heterocycles. The molecule has 2 atom stereocenters. The van der Waals surface area contributed by atoms with Crippen molar-refractivity contribution >= 4 is 29.8 Å². The Labute approximate surface area is 142 Å². The lowest BCUT2D eigenvalue weighted by Crippen LogP contribution is -2.14. The highest BCUT2D eigenvalue weighted by molar-refractivity contribution is 5.95. The second-order valence-corrected chi connectivity index (χ2v) is 6.23. The Hall–Kier alpha value is -2.07. The number of aromatic nitrogens is 1. The molecule has 3 N–H and O–H groups in total. The number of nitrogens with zero attached hydrogens (tertiary/aromatic N) is 1. The van der Waals surface area contributed by atoms with E-state index in [1.165, 1.54) is 11.1 Å². The van der Waals surface area contributed by atoms with Crippen LogP contribution in [0.25, 0.3) is 0 Å². The first-order valence-corrected chi connectivity index (χ1v) is 7.67. The second kappa shape index (κ2) is 7.01. The van der Waals surface area contributed by atoms with Gasteiger partial charge in [-0.1, -0.05) is 38.1 Å². The average Bonchev–Trinajstić information content (AvgIpc) is 3.30. The van der Waals surface area contributed by atoms with Crippen LogP contribution in [0.4, 0.5) is 11.5 Å². The fraction of sp³-hybridized carbons (Fsp3) is 0.333. The van der Waals surface area contributed by atoms with Crippen molar-refractivity contribution < 1.29 is 4.79 Å². The summed E-state index contributed by atoms with van der Waals surface area (Å²) in [7, 11) is 0. The molecule has 1 aliphatic rings. The lowest BCUT2D eigenvalue weighted by molar-refractivity contribution is -0.117. The fourth-order valence-corrected chi connectivity index (χ4v) is 2.70. The van der Waals surface area contributed by atoms with Gasteiger partial charge < -0.3 is 11.1 Å². The van der Waals surface area contributed by atoms with Crippen LogP contribution in [0.15, 0.2) is 42.6 Å². The van der Waals surface area contributed by atoms with Crippen LogP contribution in [-0.2, 0) is 4.79 Å². The van der Waals surface area contributed by atoms with E-state index in [0.717, 1.165) is 6.42 Å². The van der Waals surface area contributed by atoms with E-state index >= 15 is 0 Å². The quantitative estimate of drug-likeness (QED) is 0.891. The van der Waals surface area contributed by atoms with E-state index in [-0.39, 0.29) is 24.2 Å². The SMILES string of the molecule is CC(C)c1ccc(C2CC2C(=O)Nc2ccc(N)nc2)cc1.Cl. The van der Waals surface area contributed by atoms with Crippen molar-refractivity contribution in [2.45, 2.75) is 32.1 Å². The molecule has 5 heteroatoms. The Bertz CT molecular complexity index is 668. The average molecular weight is 332 g/mol. The van der Waals surface area contributed by atoms with Gasteiger partial charge in [-0.3, -0.25) is 4.79 Å². The third kappa shape index (κ3) is 4.02. The van der Waals surface area contributed by atoms with Gasteiger partial charge in [0.25, 0.3) is 0 Å². The maximum Gasteiger partial charge on any atom is 0.228 e. The van der Waals surface area contributed by atoms with Gasteiger partial charge in [-0.15, -0.1) is 12.4 Å². The third-order valence-electron chi connectivity index (χ3n) is 4.21. The molecule has 1 aromatic carbocycles. The number of carbonyl (C=O) groups excluding carboxylic acids is 1. The number of nitrogens with one attached hydrogen (secondary N) is 1. The minimum absolute atomic E-state index is 0. The van der Waals surface area contributed by atoms with Gasteiger partial charge in [-0.05, 0) is 41.5 Å². The molecule has 3 rings (SSSR count). The number of pyridine rings is 1. The highest BCUT2D eigenvalue weighted by Gasteiger charge is 2.43. The summed E-state index contributed by atoms with van der Waals surface area (Å²) in [5, 5.41) is 2.90. The molecular formula is C18H22ClN3O. The molecule has 1 amide bonds. The molecular weight excluding hydrogens is 310 g/mol. The largest absolute Gasteiger partial charge is 0.384 e. The van der Waals surface area contributed by atoms with Crippen LogP contribution < -0.4 is 11.1 Å². The first-order valence-electron chi connectivity index (χ1n) is 7.67. The summed E-state index contributed by atoms with van der Waals surface area (Å²) < 4.78 is 0. The van der Waals surface area contributed by atoms with Gasteiger partial charge in [0, 0.05) is 5.92 Å². The number of benzene rings is 1. The van der Waals surface area contributed by atoms with Gasteiger partial charge >= 0.3 is 0 Å². The Morgan fingerprint density at radius 1 is 1.22 bits per heavy atom. The molecule has 0 bridgehead atoms. The number of nitrogens with two attached hydrogens (primary N) is 1. The number of rotatable bonds is 4. The van der Waals surface area contributed by atoms with Crippen molar-refractivity contribution in [1.29, 1.82) is 0 Å². The predicted molar refractivity (Wildman–Crippen MR) is 95.9 cm³/mol. The summed E-state index contributed by atoms with van der Waals surface area (Å²) in [4.78, 5) is 16.2. The molecule has 2 unspecified atom stereocenters. The van der Waals surface area contributed by atoms with E-state index in [2.05, 4.69) is 48.4 Å². The maximum atomic E-state index is 12.2. The second-order valence-electron chi connectivity index (χ2n) is 6.23. The molecule has 1 aromatic heterocycles. The number of halogens is 1. The van der Waals surface area contributed by atoms with E-state index in [0.29, 0.717) is 23.3 Å². The van der Waals surface area contributed by atoms with Crippen LogP contribution in [-0.4, -0.2) is 10.9 Å². The topological polar surface area (TPSA) is 68.0 Å². The van der Waals surface area contributed by atoms with Gasteiger partial charge in [0.05, 0.1) is 11.9 Å². The zero-order valence-corrected chi connectivity index (χ0v) is 14.1. The Morgan fingerprint density at radius 3 is 2.48 bits per heavy atom. The molecule has 2 aromatic rings. The smallest absolute Gasteiger partial charge is 0.228 e. The number of hydrogen-bond acceptors (Lipinski definition) is 3. The molecule has 0 radical (unpaired) electrons. The summed E-state index contributed by atoms with van der Waals surface area (Å²) in [6.07, 6.45) is 2.50. The highest BCUT2D eigenvalue weighted by atomic mass is 35.5. The summed E-state index contributed by atoms with van der Waals surface area (Å²) in [5.74, 6) is 1.44. The third-order valence-corrected chi connectivity index (χ3v) is 4.21. The minimum atomic E-state index is 0. The van der Waals surface area contributed by atoms with E-state index in [1.807, 2.05) is 0 Å². The van der Waals surface area contributed by atoms with Crippen molar-refractivity contribution in [2.24, 2.45) is 5.92 Å². The summed E-state index contributed by atoms with van der Waals surface area (Å²) in [6.45, 7) is 4.37. The van der Waals surface area contributed by atoms with Crippen LogP contribution in [0.2, 0.25) is 0 Å². The number of nitrogen functional groups attached to an aromatic ring is 1. The first kappa shape index (κ1) is 17.3. The maximum absolute atomic E-state index is 12.2. The van der Waals surface area contributed by atoms with Crippen LogP contribution >= 0.6 is 12.4 Å². The Kier molecular flexibility index (Phi) is 5.26. The summed E-state index contributed by atoms with van der Waals surface area (Å²) in [5.41, 5.74) is 8.81. The summed E-state index contributed by atoms with van der Waals surface area (Å²) in [6, 6.07) is 12.1. The lowest BCUT2D eigenvalue weighted by Gasteiger charge is -2.07. The monoisotopic (exact) mass is 331 g/mol. The lowest BCUT2D eigenvalue weighted by atomic mass is 10.00. The standard InChI is InChI=1S/C18H21N3O.ClH/c1-11(2)12-3-5-13(6-4-12)15-9-16(15)18(22)21-14-7-8-17(19)20-10-14;/h3-8,10-11,15-16H,9H2,1-2H3,(H2,19,20)(H,21,22);1H. The molecule has 23 heavy (non-hydrogen) atoms. The molecule has 1 heterocycles. The molecule has 1 saturated carbocycles. The zero-order chi connectivity index (χ0) is 15.7. The van der Waals surface area contributed by atoms with Crippen molar-refractivity contribution in [1.82, 2.24) is 4.98 Å². The van der Waals surface area contributed by atoms with Gasteiger partial charge in [-0.2, -0.15) is 0 Å². The molecule has 0 saturated heterocycles. The van der Waals surface area contributed by atoms with Crippen LogP contribution in [0.1, 0.15) is 43.2 Å². The van der Waals surface area contributed by atoms with E-state index in [4.69, 9.17) is 5.73 Å². The number of hydrogen-bond donors (Lipinski definition) is 2. The van der Waals surface area contributed by atoms with Gasteiger partial charge in [-0.25, -0.2) is 4.98 Å². The van der Waals surface area contributed by atoms with Crippen molar-refractivity contribution in [3.8, 4) is 0 Å². The minimum Gasteiger partial charge on any atom is -0.384 e. The van der Waals surface area contributed by atoms with Gasteiger partial charge in [0.15, 0.2) is 0 Å². The summed E-state index contributed by atoms with van der Waals surface area (Å²) >= 11 is 0. The Balaban J connectivity index is 0.00000192. The van der Waals surface area contributed by atoms with Crippen LogP contribution in [0.3, 0.4) is 0 Å². The van der Waals surface area contributed by atoms with Crippen molar-refractivity contribution in [3.63, 3.8) is 0 Å². The zero-order valence-electron chi connectivity index (χ0n) is 13.3. The normalized spacial score (nSPS) is 19.1. The van der Waals surface area contributed by atoms with Gasteiger partial charge in [0.1, 0.15) is 5.82 Å². The molecule has 0 spiro atoms. The van der Waals surface area contributed by atoms with Crippen molar-refractivity contribution in [3.05, 3.63) is 53.7 Å².